The van der Waals surface area contributed by atoms with Crippen molar-refractivity contribution >= 4 is 11.8 Å². The molecule has 10 heteroatoms. The van der Waals surface area contributed by atoms with E-state index in [0.29, 0.717) is 31.7 Å². The van der Waals surface area contributed by atoms with Crippen molar-refractivity contribution in [3.63, 3.8) is 0 Å². The van der Waals surface area contributed by atoms with E-state index in [1.54, 1.807) is 31.4 Å². The molecule has 10 nitrogen and oxygen atoms in total. The molecule has 2 N–H and O–H groups in total. The van der Waals surface area contributed by atoms with Gasteiger partial charge in [0.25, 0.3) is 5.91 Å². The summed E-state index contributed by atoms with van der Waals surface area (Å²) in [6.07, 6.45) is 3.85. The number of hydrogen-bond donors (Lipinski definition) is 2. The van der Waals surface area contributed by atoms with E-state index in [0.717, 1.165) is 18.5 Å². The summed E-state index contributed by atoms with van der Waals surface area (Å²) >= 11 is 0. The van der Waals surface area contributed by atoms with Crippen molar-refractivity contribution in [1.29, 1.82) is 0 Å². The number of ether oxygens (including phenoxy) is 1. The van der Waals surface area contributed by atoms with Gasteiger partial charge in [-0.2, -0.15) is 0 Å². The quantitative estimate of drug-likeness (QED) is 0.569. The molecule has 0 bridgehead atoms. The van der Waals surface area contributed by atoms with Gasteiger partial charge < -0.3 is 15.4 Å². The van der Waals surface area contributed by atoms with Crippen LogP contribution in [0.25, 0.3) is 5.69 Å². The molecule has 1 aliphatic heterocycles. The van der Waals surface area contributed by atoms with Crippen molar-refractivity contribution in [3.05, 3.63) is 36.2 Å². The number of carbonyl (C=O) groups is 2. The Hall–Kier alpha value is -2.85. The van der Waals surface area contributed by atoms with Crippen LogP contribution in [-0.4, -0.2) is 82.9 Å². The Bertz CT molecular complexity index is 795. The van der Waals surface area contributed by atoms with E-state index in [4.69, 9.17) is 4.74 Å². The van der Waals surface area contributed by atoms with Gasteiger partial charge >= 0.3 is 0 Å². The van der Waals surface area contributed by atoms with Crippen molar-refractivity contribution < 1.29 is 14.3 Å². The Morgan fingerprint density at radius 1 is 1.17 bits per heavy atom. The number of likely N-dealkylation sites (tertiary alicyclic amines) is 1. The Kier molecular flexibility index (Phi) is 7.25. The lowest BCUT2D eigenvalue weighted by molar-refractivity contribution is -0.122. The lowest BCUT2D eigenvalue weighted by atomic mass is 10.1. The van der Waals surface area contributed by atoms with Crippen LogP contribution >= 0.6 is 0 Å². The second-order valence-electron chi connectivity index (χ2n) is 7.11. The number of likely N-dealkylation sites (N-methyl/N-ethyl adjacent to an activating group) is 1. The topological polar surface area (TPSA) is 114 Å². The molecule has 0 aliphatic carbocycles. The van der Waals surface area contributed by atoms with Crippen molar-refractivity contribution in [1.82, 2.24) is 35.7 Å². The van der Waals surface area contributed by atoms with E-state index in [1.807, 2.05) is 7.05 Å². The molecule has 156 valence electrons. The molecule has 2 amide bonds. The van der Waals surface area contributed by atoms with Crippen LogP contribution in [0.1, 0.15) is 29.6 Å². The summed E-state index contributed by atoms with van der Waals surface area (Å²) in [5.74, 6) is -0.0892. The zero-order chi connectivity index (χ0) is 20.6. The number of hydrogen-bond acceptors (Lipinski definition) is 7. The number of rotatable bonds is 9. The molecule has 2 atom stereocenters. The summed E-state index contributed by atoms with van der Waals surface area (Å²) in [6.45, 7) is 1.58. The minimum Gasteiger partial charge on any atom is -0.383 e. The predicted octanol–water partition coefficient (Wildman–Crippen LogP) is 0.00760. The van der Waals surface area contributed by atoms with Crippen LogP contribution in [0.4, 0.5) is 0 Å². The lowest BCUT2D eigenvalue weighted by Gasteiger charge is -2.25. The van der Waals surface area contributed by atoms with Gasteiger partial charge in [0.05, 0.1) is 12.3 Å². The van der Waals surface area contributed by atoms with Crippen LogP contribution in [-0.2, 0) is 9.53 Å². The van der Waals surface area contributed by atoms with Crippen LogP contribution in [0.3, 0.4) is 0 Å². The molecule has 1 fully saturated rings. The van der Waals surface area contributed by atoms with Gasteiger partial charge in [-0.25, -0.2) is 4.68 Å². The monoisotopic (exact) mass is 401 g/mol. The highest BCUT2D eigenvalue weighted by Gasteiger charge is 2.31. The van der Waals surface area contributed by atoms with Gasteiger partial charge in [-0.15, -0.1) is 5.10 Å². The van der Waals surface area contributed by atoms with E-state index >= 15 is 0 Å². The first-order chi connectivity index (χ1) is 14.1. The molecule has 0 radical (unpaired) electrons. The van der Waals surface area contributed by atoms with Crippen molar-refractivity contribution in [3.8, 4) is 5.69 Å². The SMILES string of the molecule is COCCNC(=O)C[C@H]1CC[C@@H](CNC(=O)c2ccc(-n3cnnn3)cc2)N1C. The predicted molar refractivity (Wildman–Crippen MR) is 106 cm³/mol. The Morgan fingerprint density at radius 2 is 1.93 bits per heavy atom. The third-order valence-electron chi connectivity index (χ3n) is 5.28. The van der Waals surface area contributed by atoms with Crippen molar-refractivity contribution in [2.75, 3.05) is 33.9 Å². The molecule has 1 aromatic heterocycles. The molecule has 1 aliphatic rings. The van der Waals surface area contributed by atoms with Gasteiger partial charge in [-0.3, -0.25) is 14.5 Å². The highest BCUT2D eigenvalue weighted by molar-refractivity contribution is 5.94. The maximum atomic E-state index is 12.5. The van der Waals surface area contributed by atoms with Crippen LogP contribution in [0, 0.1) is 0 Å². The van der Waals surface area contributed by atoms with Gasteiger partial charge in [0.15, 0.2) is 0 Å². The number of methoxy groups -OCH3 is 1. The van der Waals surface area contributed by atoms with Crippen LogP contribution in [0.2, 0.25) is 0 Å². The fourth-order valence-corrected chi connectivity index (χ4v) is 3.52. The second-order valence-corrected chi connectivity index (χ2v) is 7.11. The molecule has 0 spiro atoms. The van der Waals surface area contributed by atoms with Crippen molar-refractivity contribution in [2.45, 2.75) is 31.3 Å². The molecular formula is C19H27N7O3. The molecule has 2 heterocycles. The normalized spacial score (nSPS) is 19.2. The highest BCUT2D eigenvalue weighted by atomic mass is 16.5. The van der Waals surface area contributed by atoms with Crippen molar-refractivity contribution in [2.24, 2.45) is 0 Å². The molecule has 29 heavy (non-hydrogen) atoms. The average molecular weight is 401 g/mol. The van der Waals surface area contributed by atoms with Gasteiger partial charge in [0, 0.05) is 44.3 Å². The molecule has 0 saturated carbocycles. The van der Waals surface area contributed by atoms with Crippen LogP contribution in [0.15, 0.2) is 30.6 Å². The molecule has 0 unspecified atom stereocenters. The fourth-order valence-electron chi connectivity index (χ4n) is 3.52. The lowest BCUT2D eigenvalue weighted by Crippen LogP contribution is -2.42. The number of amides is 2. The zero-order valence-corrected chi connectivity index (χ0v) is 16.7. The largest absolute Gasteiger partial charge is 0.383 e. The number of aromatic nitrogens is 4. The smallest absolute Gasteiger partial charge is 0.251 e. The van der Waals surface area contributed by atoms with E-state index in [-0.39, 0.29) is 23.9 Å². The van der Waals surface area contributed by atoms with Crippen LogP contribution in [0.5, 0.6) is 0 Å². The molecule has 1 saturated heterocycles. The zero-order valence-electron chi connectivity index (χ0n) is 16.7. The van der Waals surface area contributed by atoms with Crippen LogP contribution < -0.4 is 10.6 Å². The summed E-state index contributed by atoms with van der Waals surface area (Å²) in [4.78, 5) is 26.7. The first kappa shape index (κ1) is 20.9. The number of tetrazole rings is 1. The summed E-state index contributed by atoms with van der Waals surface area (Å²) in [6, 6.07) is 7.50. The molecule has 1 aromatic carbocycles. The highest BCUT2D eigenvalue weighted by Crippen LogP contribution is 2.24. The fraction of sp³-hybridized carbons (Fsp3) is 0.526. The van der Waals surface area contributed by atoms with E-state index in [9.17, 15) is 9.59 Å². The Labute approximate surface area is 169 Å². The average Bonchev–Trinajstić information content (AvgIpc) is 3.38. The number of nitrogens with zero attached hydrogens (tertiary/aromatic N) is 5. The molecule has 2 aromatic rings. The number of carbonyl (C=O) groups excluding carboxylic acids is 2. The maximum Gasteiger partial charge on any atom is 0.251 e. The van der Waals surface area contributed by atoms with Gasteiger partial charge in [0.2, 0.25) is 5.91 Å². The Balaban J connectivity index is 1.45. The third-order valence-corrected chi connectivity index (χ3v) is 5.28. The standard InChI is InChI=1S/C19H27N7O3/c1-25-16(11-18(27)20-9-10-29-2)7-8-17(25)12-21-19(28)14-3-5-15(6-4-14)26-13-22-23-24-26/h3-6,13,16-17H,7-12H2,1-2H3,(H,20,27)(H,21,28)/t16-,17+/m1/s1. The first-order valence-electron chi connectivity index (χ1n) is 9.67. The Morgan fingerprint density at radius 3 is 2.62 bits per heavy atom. The second kappa shape index (κ2) is 10.1. The van der Waals surface area contributed by atoms with Gasteiger partial charge in [-0.1, -0.05) is 0 Å². The minimum absolute atomic E-state index is 0.0336. The molecular weight excluding hydrogens is 374 g/mol. The van der Waals surface area contributed by atoms with Gasteiger partial charge in [-0.05, 0) is 54.6 Å². The summed E-state index contributed by atoms with van der Waals surface area (Å²) < 4.78 is 6.47. The number of benzene rings is 1. The third kappa shape index (κ3) is 5.58. The summed E-state index contributed by atoms with van der Waals surface area (Å²) in [7, 11) is 3.62. The van der Waals surface area contributed by atoms with E-state index in [2.05, 4.69) is 31.1 Å². The van der Waals surface area contributed by atoms with E-state index < -0.39 is 0 Å². The first-order valence-corrected chi connectivity index (χ1v) is 9.67. The molecule has 3 rings (SSSR count). The van der Waals surface area contributed by atoms with Gasteiger partial charge in [0.1, 0.15) is 6.33 Å². The van der Waals surface area contributed by atoms with E-state index in [1.165, 1.54) is 11.0 Å². The number of nitrogens with one attached hydrogen (secondary N) is 2. The minimum atomic E-state index is -0.123. The maximum absolute atomic E-state index is 12.5. The summed E-state index contributed by atoms with van der Waals surface area (Å²) in [5, 5.41) is 16.9. The summed E-state index contributed by atoms with van der Waals surface area (Å²) in [5.41, 5.74) is 1.37.